The Morgan fingerprint density at radius 1 is 0.788 bits per heavy atom. The maximum Gasteiger partial charge on any atom is 0.121 e. The number of halogens is 1. The van der Waals surface area contributed by atoms with E-state index in [1.165, 1.54) is 0 Å². The van der Waals surface area contributed by atoms with E-state index in [4.69, 9.17) is 16.3 Å². The van der Waals surface area contributed by atoms with E-state index in [1.807, 2.05) is 60.7 Å². The third-order valence-electron chi connectivity index (χ3n) is 8.24. The van der Waals surface area contributed by atoms with Gasteiger partial charge in [-0.15, -0.1) is 0 Å². The molecule has 0 radical (unpaired) electrons. The first-order valence-corrected chi connectivity index (χ1v) is 12.4. The van der Waals surface area contributed by atoms with Crippen molar-refractivity contribution in [3.05, 3.63) is 107 Å². The maximum absolute atomic E-state index is 12.5. The van der Waals surface area contributed by atoms with Crippen LogP contribution in [0.15, 0.2) is 84.9 Å². The average molecular weight is 463 g/mol. The van der Waals surface area contributed by atoms with Gasteiger partial charge in [-0.1, -0.05) is 84.4 Å². The first kappa shape index (κ1) is 22.6. The lowest BCUT2D eigenvalue weighted by atomic mass is 9.56. The van der Waals surface area contributed by atoms with E-state index in [0.29, 0.717) is 6.61 Å². The van der Waals surface area contributed by atoms with Gasteiger partial charge in [0.15, 0.2) is 0 Å². The highest BCUT2D eigenvalue weighted by molar-refractivity contribution is 6.30. The second kappa shape index (κ2) is 9.23. The molecule has 0 amide bonds. The Morgan fingerprint density at radius 2 is 1.30 bits per heavy atom. The molecular weight excluding hydrogens is 430 g/mol. The van der Waals surface area contributed by atoms with E-state index in [-0.39, 0.29) is 5.41 Å². The second-order valence-corrected chi connectivity index (χ2v) is 10.3. The molecule has 0 unspecified atom stereocenters. The van der Waals surface area contributed by atoms with Crippen LogP contribution in [0.5, 0.6) is 0 Å². The molecule has 3 saturated heterocycles. The molecule has 6 rings (SSSR count). The largest absolute Gasteiger partial charge is 0.380 e. The lowest BCUT2D eigenvalue weighted by molar-refractivity contribution is -0.946. The van der Waals surface area contributed by atoms with Crippen LogP contribution in [-0.2, 0) is 16.9 Å². The van der Waals surface area contributed by atoms with Crippen LogP contribution >= 0.6 is 11.6 Å². The summed E-state index contributed by atoms with van der Waals surface area (Å²) < 4.78 is 7.14. The molecule has 0 atom stereocenters. The summed E-state index contributed by atoms with van der Waals surface area (Å²) in [5, 5.41) is 13.2. The first-order chi connectivity index (χ1) is 16.1. The molecule has 3 aromatic carbocycles. The van der Waals surface area contributed by atoms with Crippen molar-refractivity contribution >= 4 is 11.6 Å². The van der Waals surface area contributed by atoms with Crippen molar-refractivity contribution in [1.29, 1.82) is 0 Å². The molecule has 0 spiro atoms. The molecule has 4 heteroatoms. The number of hydrogen-bond donors (Lipinski definition) is 1. The van der Waals surface area contributed by atoms with Gasteiger partial charge in [-0.2, -0.15) is 0 Å². The van der Waals surface area contributed by atoms with Gasteiger partial charge in [0.05, 0.1) is 32.8 Å². The van der Waals surface area contributed by atoms with Gasteiger partial charge in [0.25, 0.3) is 0 Å². The highest BCUT2D eigenvalue weighted by Crippen LogP contribution is 2.57. The highest BCUT2D eigenvalue weighted by atomic mass is 35.5. The van der Waals surface area contributed by atoms with E-state index in [1.54, 1.807) is 0 Å². The summed E-state index contributed by atoms with van der Waals surface area (Å²) in [5.41, 5.74) is 2.11. The number of ether oxygens (including phenoxy) is 1. The fourth-order valence-electron chi connectivity index (χ4n) is 6.11. The Labute approximate surface area is 202 Å². The van der Waals surface area contributed by atoms with Gasteiger partial charge in [0, 0.05) is 29.7 Å². The standard InChI is InChI=1S/C29H33ClNO2/c30-27-13-11-24(12-14-27)23-33-22-21-31-18-15-28(16-19-31,17-20-31)29(32,25-7-3-1-4-8-25)26-9-5-2-6-10-26/h1-14,32H,15-23H2/q+1. The predicted molar refractivity (Wildman–Crippen MR) is 133 cm³/mol. The summed E-state index contributed by atoms with van der Waals surface area (Å²) in [6.07, 6.45) is 3.10. The van der Waals surface area contributed by atoms with Crippen LogP contribution in [0.4, 0.5) is 0 Å². The predicted octanol–water partition coefficient (Wildman–Crippen LogP) is 5.79. The molecule has 0 saturated carbocycles. The molecule has 3 heterocycles. The number of piperidine rings is 3. The summed E-state index contributed by atoms with van der Waals surface area (Å²) in [6.45, 7) is 5.74. The van der Waals surface area contributed by atoms with Gasteiger partial charge >= 0.3 is 0 Å². The Hall–Kier alpha value is -2.17. The van der Waals surface area contributed by atoms with Crippen LogP contribution in [0.2, 0.25) is 5.02 Å². The topological polar surface area (TPSA) is 29.5 Å². The number of nitrogens with zero attached hydrogens (tertiary/aromatic N) is 1. The number of aliphatic hydroxyl groups is 1. The van der Waals surface area contributed by atoms with Crippen molar-refractivity contribution in [1.82, 2.24) is 0 Å². The number of fused-ring (bicyclic) bond motifs is 3. The number of benzene rings is 3. The third kappa shape index (κ3) is 4.24. The molecule has 3 aromatic rings. The van der Waals surface area contributed by atoms with Crippen LogP contribution in [0.25, 0.3) is 0 Å². The molecule has 172 valence electrons. The molecule has 3 fully saturated rings. The van der Waals surface area contributed by atoms with Gasteiger partial charge in [-0.05, 0) is 28.8 Å². The molecular formula is C29H33ClNO2+. The van der Waals surface area contributed by atoms with E-state index >= 15 is 0 Å². The van der Waals surface area contributed by atoms with Gasteiger partial charge in [0.1, 0.15) is 12.1 Å². The normalized spacial score (nSPS) is 24.7. The summed E-state index contributed by atoms with van der Waals surface area (Å²) in [5.74, 6) is 0. The number of hydrogen-bond acceptors (Lipinski definition) is 2. The van der Waals surface area contributed by atoms with Crippen LogP contribution < -0.4 is 0 Å². The van der Waals surface area contributed by atoms with Crippen molar-refractivity contribution in [2.75, 3.05) is 32.8 Å². The Bertz CT molecular complexity index is 988. The minimum absolute atomic E-state index is 0.125. The smallest absolute Gasteiger partial charge is 0.121 e. The number of quaternary nitrogens is 1. The van der Waals surface area contributed by atoms with Crippen molar-refractivity contribution in [3.8, 4) is 0 Å². The fourth-order valence-corrected chi connectivity index (χ4v) is 6.23. The summed E-state index contributed by atoms with van der Waals surface area (Å²) >= 11 is 5.98. The van der Waals surface area contributed by atoms with E-state index in [2.05, 4.69) is 24.3 Å². The minimum atomic E-state index is -0.961. The van der Waals surface area contributed by atoms with Crippen molar-refractivity contribution in [3.63, 3.8) is 0 Å². The van der Waals surface area contributed by atoms with Crippen molar-refractivity contribution in [2.45, 2.75) is 31.5 Å². The van der Waals surface area contributed by atoms with Crippen LogP contribution in [0.3, 0.4) is 0 Å². The quantitative estimate of drug-likeness (QED) is 0.339. The molecule has 0 aliphatic carbocycles. The van der Waals surface area contributed by atoms with Gasteiger partial charge in [0.2, 0.25) is 0 Å². The van der Waals surface area contributed by atoms with Crippen molar-refractivity contribution < 1.29 is 14.3 Å². The monoisotopic (exact) mass is 462 g/mol. The fraction of sp³-hybridized carbons (Fsp3) is 0.379. The van der Waals surface area contributed by atoms with Crippen LogP contribution in [0.1, 0.15) is 36.0 Å². The molecule has 3 aliphatic heterocycles. The zero-order valence-electron chi connectivity index (χ0n) is 19.1. The van der Waals surface area contributed by atoms with Gasteiger partial charge < -0.3 is 14.3 Å². The average Bonchev–Trinajstić information content (AvgIpc) is 2.89. The van der Waals surface area contributed by atoms with Crippen molar-refractivity contribution in [2.24, 2.45) is 5.41 Å². The maximum atomic E-state index is 12.5. The Kier molecular flexibility index (Phi) is 6.32. The lowest BCUT2D eigenvalue weighted by Gasteiger charge is -2.60. The molecule has 0 aromatic heterocycles. The zero-order chi connectivity index (χ0) is 22.8. The van der Waals surface area contributed by atoms with E-state index in [0.717, 1.165) is 78.2 Å². The van der Waals surface area contributed by atoms with E-state index in [9.17, 15) is 5.11 Å². The molecule has 1 N–H and O–H groups in total. The molecule has 33 heavy (non-hydrogen) atoms. The first-order valence-electron chi connectivity index (χ1n) is 12.1. The third-order valence-corrected chi connectivity index (χ3v) is 8.49. The van der Waals surface area contributed by atoms with Gasteiger partial charge in [-0.3, -0.25) is 0 Å². The summed E-state index contributed by atoms with van der Waals surface area (Å²) in [6, 6.07) is 28.5. The SMILES string of the molecule is OC(c1ccccc1)(c1ccccc1)C12CC[N+](CCOCc3ccc(Cl)cc3)(CC1)CC2. The Morgan fingerprint density at radius 3 is 1.82 bits per heavy atom. The van der Waals surface area contributed by atoms with E-state index < -0.39 is 5.60 Å². The van der Waals surface area contributed by atoms with Crippen LogP contribution in [-0.4, -0.2) is 42.4 Å². The lowest BCUT2D eigenvalue weighted by Crippen LogP contribution is -2.67. The van der Waals surface area contributed by atoms with Gasteiger partial charge in [-0.25, -0.2) is 0 Å². The minimum Gasteiger partial charge on any atom is -0.380 e. The Balaban J connectivity index is 1.28. The molecule has 3 aliphatic rings. The highest BCUT2D eigenvalue weighted by Gasteiger charge is 2.60. The molecule has 3 nitrogen and oxygen atoms in total. The second-order valence-electron chi connectivity index (χ2n) is 9.89. The summed E-state index contributed by atoms with van der Waals surface area (Å²) in [7, 11) is 0. The number of rotatable bonds is 8. The van der Waals surface area contributed by atoms with Crippen LogP contribution in [0, 0.1) is 5.41 Å². The molecule has 2 bridgehead atoms. The summed E-state index contributed by atoms with van der Waals surface area (Å²) in [4.78, 5) is 0. The zero-order valence-corrected chi connectivity index (χ0v) is 19.9.